The van der Waals surface area contributed by atoms with Crippen molar-refractivity contribution in [1.29, 1.82) is 5.26 Å². The molecule has 7 nitrogen and oxygen atoms in total. The summed E-state index contributed by atoms with van der Waals surface area (Å²) in [5.74, 6) is 0.0413. The van der Waals surface area contributed by atoms with Gasteiger partial charge in [-0.2, -0.15) is 5.26 Å². The van der Waals surface area contributed by atoms with Crippen LogP contribution in [0.1, 0.15) is 17.8 Å². The van der Waals surface area contributed by atoms with Crippen LogP contribution in [0.4, 0.5) is 4.39 Å². The van der Waals surface area contributed by atoms with Gasteiger partial charge in [-0.25, -0.2) is 9.37 Å². The number of benzene rings is 2. The minimum absolute atomic E-state index is 0.00762. The maximum Gasteiger partial charge on any atom is 0.192 e. The number of aromatic nitrogens is 4. The van der Waals surface area contributed by atoms with E-state index < -0.39 is 11.1 Å². The predicted octanol–water partition coefficient (Wildman–Crippen LogP) is 5.77. The number of halogens is 1. The quantitative estimate of drug-likeness (QED) is 0.137. The summed E-state index contributed by atoms with van der Waals surface area (Å²) in [5, 5.41) is 29.5. The third-order valence-corrected chi connectivity index (χ3v) is 6.99. The number of ether oxygens (including phenoxy) is 1. The molecule has 0 aliphatic rings. The molecule has 0 saturated carbocycles. The SMILES string of the molecule is C=CCn1c(COc2ccccc2F)nnc1SC(C)/C(O)=C(\C#N)c1nc2ccccc2s1. The first-order chi connectivity index (χ1) is 16.5. The summed E-state index contributed by atoms with van der Waals surface area (Å²) in [6, 6.07) is 15.8. The standard InChI is InChI=1S/C24H20FN5O2S2/c1-3-12-30-21(14-32-19-10-6-4-8-17(19)25)28-29-24(30)33-15(2)22(31)16(13-26)23-27-18-9-5-7-11-20(18)34-23/h3-11,15,31H,1,12,14H2,2H3/b22-16-. The Bertz CT molecular complexity index is 1370. The molecule has 34 heavy (non-hydrogen) atoms. The maximum atomic E-state index is 13.9. The smallest absolute Gasteiger partial charge is 0.192 e. The molecule has 1 atom stereocenters. The molecule has 0 fully saturated rings. The third kappa shape index (κ3) is 4.95. The second-order valence-electron chi connectivity index (χ2n) is 7.14. The summed E-state index contributed by atoms with van der Waals surface area (Å²) in [7, 11) is 0. The molecule has 2 aromatic carbocycles. The fourth-order valence-electron chi connectivity index (χ4n) is 3.14. The van der Waals surface area contributed by atoms with Gasteiger partial charge in [0, 0.05) is 6.54 Å². The number of allylic oxidation sites excluding steroid dienone is 2. The number of para-hydroxylation sites is 2. The minimum Gasteiger partial charge on any atom is -0.510 e. The van der Waals surface area contributed by atoms with Gasteiger partial charge in [-0.15, -0.1) is 28.1 Å². The molecule has 0 saturated heterocycles. The second-order valence-corrected chi connectivity index (χ2v) is 9.47. The number of aliphatic hydroxyl groups excluding tert-OH is 1. The molecule has 2 heterocycles. The lowest BCUT2D eigenvalue weighted by Gasteiger charge is -2.13. The minimum atomic E-state index is -0.505. The van der Waals surface area contributed by atoms with Crippen LogP contribution in [-0.4, -0.2) is 30.1 Å². The fourth-order valence-corrected chi connectivity index (χ4v) is 5.05. The molecule has 10 heteroatoms. The molecule has 0 bridgehead atoms. The van der Waals surface area contributed by atoms with E-state index in [2.05, 4.69) is 27.8 Å². The van der Waals surface area contributed by atoms with Crippen LogP contribution in [0.15, 0.2) is 72.1 Å². The number of hydrogen-bond donors (Lipinski definition) is 1. The van der Waals surface area contributed by atoms with Gasteiger partial charge in [-0.3, -0.25) is 4.57 Å². The van der Waals surface area contributed by atoms with Gasteiger partial charge >= 0.3 is 0 Å². The van der Waals surface area contributed by atoms with Crippen LogP contribution in [0, 0.1) is 17.1 Å². The number of fused-ring (bicyclic) bond motifs is 1. The highest BCUT2D eigenvalue weighted by Gasteiger charge is 2.22. The molecule has 2 aromatic heterocycles. The monoisotopic (exact) mass is 493 g/mol. The first-order valence-electron chi connectivity index (χ1n) is 10.3. The Morgan fingerprint density at radius 2 is 2.06 bits per heavy atom. The largest absolute Gasteiger partial charge is 0.510 e. The van der Waals surface area contributed by atoms with Crippen molar-refractivity contribution in [2.24, 2.45) is 0 Å². The van der Waals surface area contributed by atoms with Gasteiger partial charge in [0.05, 0.1) is 15.5 Å². The Morgan fingerprint density at radius 3 is 2.79 bits per heavy atom. The average Bonchev–Trinajstić information content (AvgIpc) is 3.43. The summed E-state index contributed by atoms with van der Waals surface area (Å²) in [6.07, 6.45) is 1.68. The third-order valence-electron chi connectivity index (χ3n) is 4.84. The van der Waals surface area contributed by atoms with Crippen molar-refractivity contribution in [2.45, 2.75) is 30.5 Å². The summed E-state index contributed by atoms with van der Waals surface area (Å²) in [4.78, 5) is 4.48. The summed E-state index contributed by atoms with van der Waals surface area (Å²) in [5.41, 5.74) is 0.896. The summed E-state index contributed by atoms with van der Waals surface area (Å²) >= 11 is 2.59. The van der Waals surface area contributed by atoms with Crippen LogP contribution in [0.5, 0.6) is 5.75 Å². The van der Waals surface area contributed by atoms with E-state index in [9.17, 15) is 14.8 Å². The number of nitrogens with zero attached hydrogens (tertiary/aromatic N) is 5. The van der Waals surface area contributed by atoms with Crippen molar-refractivity contribution in [3.63, 3.8) is 0 Å². The summed E-state index contributed by atoms with van der Waals surface area (Å²) < 4.78 is 22.1. The van der Waals surface area contributed by atoms with Crippen LogP contribution in [0.25, 0.3) is 15.8 Å². The number of nitriles is 1. The van der Waals surface area contributed by atoms with Gasteiger partial charge in [0.15, 0.2) is 22.5 Å². The maximum absolute atomic E-state index is 13.9. The number of thioether (sulfide) groups is 1. The normalized spacial score (nSPS) is 12.7. The highest BCUT2D eigenvalue weighted by atomic mass is 32.2. The number of thiazole rings is 1. The molecule has 0 radical (unpaired) electrons. The zero-order valence-corrected chi connectivity index (χ0v) is 19.8. The molecule has 4 rings (SSSR count). The topological polar surface area (TPSA) is 96.9 Å². The molecule has 172 valence electrons. The Kier molecular flexibility index (Phi) is 7.25. The highest BCUT2D eigenvalue weighted by molar-refractivity contribution is 7.99. The van der Waals surface area contributed by atoms with Gasteiger partial charge in [0.2, 0.25) is 0 Å². The van der Waals surface area contributed by atoms with Crippen molar-refractivity contribution in [3.05, 3.63) is 83.6 Å². The van der Waals surface area contributed by atoms with Crippen molar-refractivity contribution in [2.75, 3.05) is 0 Å². The van der Waals surface area contributed by atoms with Crippen LogP contribution >= 0.6 is 23.1 Å². The zero-order chi connectivity index (χ0) is 24.1. The Hall–Kier alpha value is -3.68. The van der Waals surface area contributed by atoms with E-state index in [1.54, 1.807) is 29.7 Å². The molecule has 0 spiro atoms. The van der Waals surface area contributed by atoms with Gasteiger partial charge in [-0.05, 0) is 31.2 Å². The van der Waals surface area contributed by atoms with E-state index in [-0.39, 0.29) is 23.7 Å². The fraction of sp³-hybridized carbons (Fsp3) is 0.167. The number of aliphatic hydroxyl groups is 1. The Morgan fingerprint density at radius 1 is 1.29 bits per heavy atom. The van der Waals surface area contributed by atoms with Crippen molar-refractivity contribution < 1.29 is 14.2 Å². The van der Waals surface area contributed by atoms with E-state index in [0.29, 0.717) is 22.5 Å². The molecule has 1 unspecified atom stereocenters. The van der Waals surface area contributed by atoms with Gasteiger partial charge in [0.25, 0.3) is 0 Å². The van der Waals surface area contributed by atoms with Crippen molar-refractivity contribution >= 4 is 38.9 Å². The second kappa shape index (κ2) is 10.5. The van der Waals surface area contributed by atoms with E-state index in [1.165, 1.54) is 35.2 Å². The average molecular weight is 494 g/mol. The lowest BCUT2D eigenvalue weighted by Crippen LogP contribution is -2.10. The molecule has 0 aliphatic heterocycles. The van der Waals surface area contributed by atoms with Crippen LogP contribution in [-0.2, 0) is 13.2 Å². The lowest BCUT2D eigenvalue weighted by atomic mass is 10.2. The Balaban J connectivity index is 1.56. The molecule has 1 N–H and O–H groups in total. The van der Waals surface area contributed by atoms with E-state index in [0.717, 1.165) is 10.2 Å². The first-order valence-corrected chi connectivity index (χ1v) is 12.0. The lowest BCUT2D eigenvalue weighted by molar-refractivity contribution is 0.275. The molecular formula is C24H20FN5O2S2. The van der Waals surface area contributed by atoms with E-state index >= 15 is 0 Å². The molecule has 4 aromatic rings. The van der Waals surface area contributed by atoms with Crippen LogP contribution in [0.3, 0.4) is 0 Å². The van der Waals surface area contributed by atoms with Crippen molar-refractivity contribution in [3.8, 4) is 11.8 Å². The molecule has 0 aliphatic carbocycles. The van der Waals surface area contributed by atoms with Gasteiger partial charge < -0.3 is 9.84 Å². The van der Waals surface area contributed by atoms with Gasteiger partial charge in [-0.1, -0.05) is 42.1 Å². The van der Waals surface area contributed by atoms with Crippen molar-refractivity contribution in [1.82, 2.24) is 19.7 Å². The zero-order valence-electron chi connectivity index (χ0n) is 18.2. The van der Waals surface area contributed by atoms with E-state index in [1.807, 2.05) is 24.3 Å². The first kappa shape index (κ1) is 23.5. The van der Waals surface area contributed by atoms with Crippen LogP contribution in [0.2, 0.25) is 0 Å². The van der Waals surface area contributed by atoms with Gasteiger partial charge in [0.1, 0.15) is 29.0 Å². The van der Waals surface area contributed by atoms with Crippen LogP contribution < -0.4 is 4.74 Å². The Labute approximate surface area is 203 Å². The number of hydrogen-bond acceptors (Lipinski definition) is 8. The summed E-state index contributed by atoms with van der Waals surface area (Å²) in [6.45, 7) is 5.94. The molecular weight excluding hydrogens is 473 g/mol. The molecule has 0 amide bonds. The number of rotatable bonds is 9. The predicted molar refractivity (Wildman–Crippen MR) is 131 cm³/mol. The highest BCUT2D eigenvalue weighted by Crippen LogP contribution is 2.33. The van der Waals surface area contributed by atoms with E-state index in [4.69, 9.17) is 4.74 Å².